The number of anilines is 1. The number of hydrogen-bond acceptors (Lipinski definition) is 6. The van der Waals surface area contributed by atoms with Crippen LogP contribution in [0.1, 0.15) is 55.8 Å². The molecule has 0 aromatic heterocycles. The highest BCUT2D eigenvalue weighted by atomic mass is 35.5. The van der Waals surface area contributed by atoms with Crippen LogP contribution in [0.2, 0.25) is 5.02 Å². The van der Waals surface area contributed by atoms with Crippen molar-refractivity contribution in [1.29, 1.82) is 0 Å². The molecule has 9 heteroatoms. The molecule has 0 spiro atoms. The molecular formula is C22H30ClN3O5. The van der Waals surface area contributed by atoms with Crippen LogP contribution in [0.4, 0.5) is 5.69 Å². The molecule has 1 heterocycles. The van der Waals surface area contributed by atoms with Gasteiger partial charge >= 0.3 is 11.9 Å². The van der Waals surface area contributed by atoms with Crippen molar-refractivity contribution in [3.8, 4) is 5.75 Å². The van der Waals surface area contributed by atoms with Crippen LogP contribution in [0.3, 0.4) is 0 Å². The number of amides is 2. The average molecular weight is 452 g/mol. The normalized spacial score (nSPS) is 19.6. The lowest BCUT2D eigenvalue weighted by molar-refractivity contribution is -0.152. The second kappa shape index (κ2) is 10.8. The molecule has 1 atom stereocenters. The molecule has 1 aliphatic heterocycles. The fraction of sp³-hybridized carbons (Fsp3) is 0.591. The molecule has 1 saturated heterocycles. The van der Waals surface area contributed by atoms with Crippen LogP contribution in [-0.4, -0.2) is 61.6 Å². The maximum Gasteiger partial charge on any atom is 0.397 e. The van der Waals surface area contributed by atoms with Crippen molar-refractivity contribution < 1.29 is 23.9 Å². The molecular weight excluding hydrogens is 422 g/mol. The summed E-state index contributed by atoms with van der Waals surface area (Å²) in [6, 6.07) is 3.56. The van der Waals surface area contributed by atoms with Gasteiger partial charge in [-0.3, -0.25) is 14.5 Å². The summed E-state index contributed by atoms with van der Waals surface area (Å²) < 4.78 is 9.96. The summed E-state index contributed by atoms with van der Waals surface area (Å²) in [5, 5.41) is 5.63. The number of nitrogens with one attached hydrogen (secondary N) is 2. The summed E-state index contributed by atoms with van der Waals surface area (Å²) in [5.74, 6) is -2.02. The van der Waals surface area contributed by atoms with Gasteiger partial charge in [0.15, 0.2) is 0 Å². The molecule has 170 valence electrons. The molecule has 1 aromatic carbocycles. The molecule has 8 nitrogen and oxygen atoms in total. The minimum Gasteiger partial charge on any atom is -0.495 e. The van der Waals surface area contributed by atoms with Gasteiger partial charge in [-0.15, -0.1) is 0 Å². The number of esters is 1. The first kappa shape index (κ1) is 23.3. The lowest BCUT2D eigenvalue weighted by atomic mass is 9.94. The number of halogens is 1. The van der Waals surface area contributed by atoms with Gasteiger partial charge in [-0.2, -0.15) is 0 Å². The van der Waals surface area contributed by atoms with Crippen molar-refractivity contribution >= 4 is 35.1 Å². The topological polar surface area (TPSA) is 97.0 Å². The Labute approximate surface area is 187 Å². The molecule has 0 bridgehead atoms. The Morgan fingerprint density at radius 3 is 2.58 bits per heavy atom. The van der Waals surface area contributed by atoms with E-state index < -0.39 is 11.9 Å². The van der Waals surface area contributed by atoms with Crippen molar-refractivity contribution in [1.82, 2.24) is 10.2 Å². The Morgan fingerprint density at radius 1 is 1.16 bits per heavy atom. The fourth-order valence-corrected chi connectivity index (χ4v) is 4.56. The number of hydrogen-bond donors (Lipinski definition) is 2. The summed E-state index contributed by atoms with van der Waals surface area (Å²) >= 11 is 6.32. The zero-order chi connectivity index (χ0) is 22.4. The van der Waals surface area contributed by atoms with E-state index in [1.165, 1.54) is 51.3 Å². The Balaban J connectivity index is 1.64. The predicted octanol–water partition coefficient (Wildman–Crippen LogP) is 2.99. The van der Waals surface area contributed by atoms with Gasteiger partial charge in [0.1, 0.15) is 5.75 Å². The van der Waals surface area contributed by atoms with Gasteiger partial charge in [0, 0.05) is 25.2 Å². The zero-order valence-corrected chi connectivity index (χ0v) is 18.8. The van der Waals surface area contributed by atoms with Crippen molar-refractivity contribution in [2.75, 3.05) is 32.1 Å². The number of carbonyl (C=O) groups is 3. The SMILES string of the molecule is CCOC(=O)C(=O)Nc1cc(Cl)c(C(=O)NC2CCN(C3CCCCC3)C2)cc1OC. The molecule has 0 radical (unpaired) electrons. The Bertz CT molecular complexity index is 826. The van der Waals surface area contributed by atoms with Gasteiger partial charge in [0.2, 0.25) is 0 Å². The highest BCUT2D eigenvalue weighted by Gasteiger charge is 2.30. The standard InChI is InChI=1S/C22H30ClN3O5/c1-3-31-22(29)21(28)25-18-12-17(23)16(11-19(18)30-2)20(27)24-14-9-10-26(13-14)15-7-5-4-6-8-15/h11-12,14-15H,3-10,13H2,1-2H3,(H,24,27)(H,25,28). The Hall–Kier alpha value is -2.32. The first-order valence-electron chi connectivity index (χ1n) is 10.8. The summed E-state index contributed by atoms with van der Waals surface area (Å²) in [7, 11) is 1.41. The number of likely N-dealkylation sites (tertiary alicyclic amines) is 1. The van der Waals surface area contributed by atoms with Crippen molar-refractivity contribution in [2.24, 2.45) is 0 Å². The lowest BCUT2D eigenvalue weighted by Gasteiger charge is -2.31. The van der Waals surface area contributed by atoms with E-state index in [2.05, 4.69) is 20.3 Å². The first-order chi connectivity index (χ1) is 14.9. The highest BCUT2D eigenvalue weighted by molar-refractivity contribution is 6.38. The van der Waals surface area contributed by atoms with E-state index in [0.717, 1.165) is 19.5 Å². The van der Waals surface area contributed by atoms with E-state index >= 15 is 0 Å². The summed E-state index contributed by atoms with van der Waals surface area (Å²) in [6.07, 6.45) is 7.27. The van der Waals surface area contributed by atoms with Crippen LogP contribution in [0.25, 0.3) is 0 Å². The maximum absolute atomic E-state index is 12.9. The van der Waals surface area contributed by atoms with Gasteiger partial charge in [-0.25, -0.2) is 4.79 Å². The number of ether oxygens (including phenoxy) is 2. The number of nitrogens with zero attached hydrogens (tertiary/aromatic N) is 1. The number of benzene rings is 1. The molecule has 2 fully saturated rings. The van der Waals surface area contributed by atoms with Gasteiger partial charge in [0.05, 0.1) is 30.0 Å². The van der Waals surface area contributed by atoms with E-state index in [0.29, 0.717) is 6.04 Å². The summed E-state index contributed by atoms with van der Waals surface area (Å²) in [6.45, 7) is 3.53. The quantitative estimate of drug-likeness (QED) is 0.509. The minimum absolute atomic E-state index is 0.0691. The van der Waals surface area contributed by atoms with Crippen LogP contribution in [0, 0.1) is 0 Å². The summed E-state index contributed by atoms with van der Waals surface area (Å²) in [4.78, 5) is 38.8. The van der Waals surface area contributed by atoms with Gasteiger partial charge in [-0.1, -0.05) is 30.9 Å². The van der Waals surface area contributed by atoms with Crippen LogP contribution in [-0.2, 0) is 14.3 Å². The molecule has 1 aromatic rings. The molecule has 3 rings (SSSR count). The third kappa shape index (κ3) is 5.89. The fourth-order valence-electron chi connectivity index (χ4n) is 4.31. The van der Waals surface area contributed by atoms with E-state index in [-0.39, 0.29) is 40.6 Å². The van der Waals surface area contributed by atoms with Crippen LogP contribution >= 0.6 is 11.6 Å². The van der Waals surface area contributed by atoms with Crippen molar-refractivity contribution in [3.05, 3.63) is 22.7 Å². The monoisotopic (exact) mass is 451 g/mol. The maximum atomic E-state index is 12.9. The van der Waals surface area contributed by atoms with Crippen molar-refractivity contribution in [2.45, 2.75) is 57.5 Å². The van der Waals surface area contributed by atoms with Crippen LogP contribution in [0.5, 0.6) is 5.75 Å². The second-order valence-corrected chi connectivity index (χ2v) is 8.36. The molecule has 1 unspecified atom stereocenters. The van der Waals surface area contributed by atoms with Crippen molar-refractivity contribution in [3.63, 3.8) is 0 Å². The number of carbonyl (C=O) groups excluding carboxylic acids is 3. The third-order valence-electron chi connectivity index (χ3n) is 5.89. The minimum atomic E-state index is -1.01. The number of methoxy groups -OCH3 is 1. The van der Waals surface area contributed by atoms with E-state index in [1.807, 2.05) is 0 Å². The van der Waals surface area contributed by atoms with E-state index in [9.17, 15) is 14.4 Å². The third-order valence-corrected chi connectivity index (χ3v) is 6.20. The number of rotatable bonds is 6. The Morgan fingerprint density at radius 2 is 1.90 bits per heavy atom. The van der Waals surface area contributed by atoms with E-state index in [1.54, 1.807) is 6.92 Å². The largest absolute Gasteiger partial charge is 0.495 e. The smallest absolute Gasteiger partial charge is 0.397 e. The van der Waals surface area contributed by atoms with Gasteiger partial charge in [0.25, 0.3) is 5.91 Å². The summed E-state index contributed by atoms with van der Waals surface area (Å²) in [5.41, 5.74) is 0.440. The van der Waals surface area contributed by atoms with Crippen LogP contribution < -0.4 is 15.4 Å². The Kier molecular flexibility index (Phi) is 8.15. The van der Waals surface area contributed by atoms with E-state index in [4.69, 9.17) is 16.3 Å². The lowest BCUT2D eigenvalue weighted by Crippen LogP contribution is -2.40. The first-order valence-corrected chi connectivity index (χ1v) is 11.2. The molecule has 1 saturated carbocycles. The van der Waals surface area contributed by atoms with Gasteiger partial charge in [-0.05, 0) is 38.3 Å². The predicted molar refractivity (Wildman–Crippen MR) is 118 cm³/mol. The van der Waals surface area contributed by atoms with Gasteiger partial charge < -0.3 is 20.1 Å². The highest BCUT2D eigenvalue weighted by Crippen LogP contribution is 2.32. The zero-order valence-electron chi connectivity index (χ0n) is 18.0. The molecule has 31 heavy (non-hydrogen) atoms. The second-order valence-electron chi connectivity index (χ2n) is 7.95. The molecule has 2 aliphatic rings. The van der Waals surface area contributed by atoms with Crippen LogP contribution in [0.15, 0.2) is 12.1 Å². The average Bonchev–Trinajstić information content (AvgIpc) is 3.23. The molecule has 2 N–H and O–H groups in total. The molecule has 2 amide bonds. The molecule has 1 aliphatic carbocycles.